The van der Waals surface area contributed by atoms with Crippen LogP contribution in [0.3, 0.4) is 0 Å². The predicted molar refractivity (Wildman–Crippen MR) is 321 cm³/mol. The quantitative estimate of drug-likeness (QED) is 0.0168. The number of aliphatic hydroxyl groups is 3. The Labute approximate surface area is 498 Å². The molecule has 2 aromatic heterocycles. The van der Waals surface area contributed by atoms with Crippen LogP contribution in [0, 0.1) is 5.41 Å². The number of allylic oxidation sites excluding steroid dienone is 10. The SMILES string of the molecule is CC/C=C\C/C=C\C/C=C\C/C=C\C/C=C\CCCCCCCCCCCCCCC[C@@H](O)CC(=O)SCCNC(=O)CCNC(=O)[C@H](O)C(C)(C)COP(=O)(O)OP(=O)(O)OC[C@H]1O[C@@H](n2cnc3c(N)ncnc32)[C@H](O)[C@@H]1OP(=O)(O)O. The van der Waals surface area contributed by atoms with Gasteiger partial charge >= 0.3 is 23.5 Å². The smallest absolute Gasteiger partial charge is 0.393 e. The largest absolute Gasteiger partial charge is 0.481 e. The van der Waals surface area contributed by atoms with Crippen molar-refractivity contribution in [3.63, 3.8) is 0 Å². The Balaban J connectivity index is 1.16. The highest BCUT2D eigenvalue weighted by atomic mass is 32.2. The lowest BCUT2D eigenvalue weighted by molar-refractivity contribution is -0.137. The van der Waals surface area contributed by atoms with Crippen molar-refractivity contribution in [1.82, 2.24) is 30.2 Å². The molecule has 1 aliphatic heterocycles. The molecule has 1 saturated heterocycles. The van der Waals surface area contributed by atoms with Gasteiger partial charge in [-0.25, -0.2) is 28.6 Å². The van der Waals surface area contributed by atoms with E-state index in [9.17, 15) is 63.0 Å². The number of phosphoric ester groups is 3. The number of aromatic nitrogens is 4. The van der Waals surface area contributed by atoms with Crippen LogP contribution in [0.2, 0.25) is 0 Å². The number of nitrogens with two attached hydrogens (primary N) is 1. The second-order valence-electron chi connectivity index (χ2n) is 21.0. The predicted octanol–water partition coefficient (Wildman–Crippen LogP) is 9.02. The fourth-order valence-electron chi connectivity index (χ4n) is 8.60. The first-order valence-electron chi connectivity index (χ1n) is 28.9. The van der Waals surface area contributed by atoms with Crippen molar-refractivity contribution in [2.24, 2.45) is 5.41 Å². The molecule has 476 valence electrons. The number of nitrogens with zero attached hydrogens (tertiary/aromatic N) is 4. The van der Waals surface area contributed by atoms with Crippen molar-refractivity contribution in [3.8, 4) is 0 Å². The molecule has 1 aliphatic rings. The third-order valence-electron chi connectivity index (χ3n) is 13.2. The highest BCUT2D eigenvalue weighted by Gasteiger charge is 2.50. The van der Waals surface area contributed by atoms with Gasteiger partial charge in [0.2, 0.25) is 11.8 Å². The molecule has 3 heterocycles. The Hall–Kier alpha value is -3.78. The number of unbranched alkanes of at least 4 members (excludes halogenated alkanes) is 13. The van der Waals surface area contributed by atoms with Gasteiger partial charge in [0, 0.05) is 37.1 Å². The molecule has 0 radical (unpaired) electrons. The van der Waals surface area contributed by atoms with E-state index in [0.717, 1.165) is 86.8 Å². The number of fused-ring (bicyclic) bond motifs is 1. The van der Waals surface area contributed by atoms with E-state index in [-0.39, 0.29) is 53.8 Å². The van der Waals surface area contributed by atoms with Gasteiger partial charge in [-0.2, -0.15) is 4.31 Å². The van der Waals surface area contributed by atoms with E-state index >= 15 is 0 Å². The fraction of sp³-hybridized carbons (Fsp3) is 0.673. The normalized spacial score (nSPS) is 19.3. The molecule has 25 nitrogen and oxygen atoms in total. The molecule has 29 heteroatoms. The summed E-state index contributed by atoms with van der Waals surface area (Å²) in [7, 11) is -16.5. The molecule has 8 atom stereocenters. The molecular weight excluding hydrogens is 1170 g/mol. The molecule has 2 unspecified atom stereocenters. The lowest BCUT2D eigenvalue weighted by Gasteiger charge is -2.30. The number of nitrogens with one attached hydrogen (secondary N) is 2. The monoisotopic (exact) mass is 1260 g/mol. The first kappa shape index (κ1) is 74.5. The van der Waals surface area contributed by atoms with Gasteiger partial charge < -0.3 is 56.0 Å². The minimum atomic E-state index is -5.60. The molecule has 11 N–H and O–H groups in total. The zero-order valence-corrected chi connectivity index (χ0v) is 52.2. The van der Waals surface area contributed by atoms with Crippen LogP contribution in [0.15, 0.2) is 73.4 Å². The summed E-state index contributed by atoms with van der Waals surface area (Å²) in [5, 5.41) is 36.8. The van der Waals surface area contributed by atoms with Crippen molar-refractivity contribution in [1.29, 1.82) is 0 Å². The zero-order chi connectivity index (χ0) is 61.9. The van der Waals surface area contributed by atoms with Crippen molar-refractivity contribution < 1.29 is 85.6 Å². The van der Waals surface area contributed by atoms with E-state index in [4.69, 9.17) is 19.5 Å². The maximum atomic E-state index is 12.8. The van der Waals surface area contributed by atoms with Crippen LogP contribution in [0.5, 0.6) is 0 Å². The van der Waals surface area contributed by atoms with Crippen molar-refractivity contribution in [3.05, 3.63) is 73.4 Å². The number of rotatable bonds is 46. The van der Waals surface area contributed by atoms with Gasteiger partial charge in [0.1, 0.15) is 36.3 Å². The standard InChI is InChI=1S/C55H92N7O18P3S/c1-4-5-6-7-8-9-10-11-12-13-14-15-16-17-18-19-20-21-22-23-24-25-26-27-28-29-30-31-32-33-43(63)38-46(65)84-37-36-57-45(64)34-35-58-53(68)50(67)55(2,3)40-77-83(74,75)80-82(72,73)76-39-44-49(79-81(69,70)71)48(66)54(78-44)62-42-61-47-51(56)59-41-60-52(47)62/h5-6,8-9,11-12,14-15,17-18,41-44,48-50,54,63,66-67H,4,7,10,13,16,19-40H2,1-3H3,(H,57,64)(H,58,68)(H,72,73)(H,74,75)(H2,56,59,60)(H2,69,70,71)/b6-5-,9-8-,12-11-,15-14-,18-17-/t43-,44-,48-,49-,50+,54-/m1/s1. The first-order chi connectivity index (χ1) is 39.9. The van der Waals surface area contributed by atoms with E-state index in [0.29, 0.717) is 6.42 Å². The second-order valence-corrected chi connectivity index (χ2v) is 26.4. The number of amides is 2. The van der Waals surface area contributed by atoms with Crippen molar-refractivity contribution >= 4 is 69.1 Å². The summed E-state index contributed by atoms with van der Waals surface area (Å²) in [4.78, 5) is 88.9. The van der Waals surface area contributed by atoms with Crippen molar-refractivity contribution in [2.45, 2.75) is 199 Å². The highest BCUT2D eigenvalue weighted by molar-refractivity contribution is 8.13. The van der Waals surface area contributed by atoms with Crippen LogP contribution in [0.4, 0.5) is 5.82 Å². The maximum absolute atomic E-state index is 12.8. The van der Waals surface area contributed by atoms with Crippen molar-refractivity contribution in [2.75, 3.05) is 37.8 Å². The number of hydrogen-bond donors (Lipinski definition) is 10. The van der Waals surface area contributed by atoms with Crippen LogP contribution in [-0.4, -0.2) is 134 Å². The number of ether oxygens (including phenoxy) is 1. The van der Waals surface area contributed by atoms with Gasteiger partial charge in [0.05, 0.1) is 25.6 Å². The van der Waals surface area contributed by atoms with Crippen LogP contribution in [0.1, 0.15) is 168 Å². The van der Waals surface area contributed by atoms with Gasteiger partial charge in [-0.15, -0.1) is 0 Å². The molecule has 84 heavy (non-hydrogen) atoms. The number of anilines is 1. The zero-order valence-electron chi connectivity index (χ0n) is 48.7. The highest BCUT2D eigenvalue weighted by Crippen LogP contribution is 2.61. The van der Waals surface area contributed by atoms with Gasteiger partial charge in [0.25, 0.3) is 0 Å². The molecule has 0 aromatic carbocycles. The van der Waals surface area contributed by atoms with E-state index in [1.165, 1.54) is 78.1 Å². The molecule has 0 aliphatic carbocycles. The summed E-state index contributed by atoms with van der Waals surface area (Å²) >= 11 is 1.00. The lowest BCUT2D eigenvalue weighted by atomic mass is 9.87. The number of phosphoric acid groups is 3. The third-order valence-corrected chi connectivity index (χ3v) is 17.2. The molecular formula is C55H92N7O18P3S. The number of imidazole rings is 1. The van der Waals surface area contributed by atoms with Crippen LogP contribution in [0.25, 0.3) is 11.2 Å². The Morgan fingerprint density at radius 3 is 1.89 bits per heavy atom. The number of aliphatic hydroxyl groups excluding tert-OH is 3. The summed E-state index contributed by atoms with van der Waals surface area (Å²) in [6.07, 6.45) is 37.1. The average molecular weight is 1260 g/mol. The van der Waals surface area contributed by atoms with Gasteiger partial charge in [-0.05, 0) is 51.4 Å². The number of thioether (sulfide) groups is 1. The molecule has 2 amide bonds. The van der Waals surface area contributed by atoms with E-state index in [1.54, 1.807) is 0 Å². The summed E-state index contributed by atoms with van der Waals surface area (Å²) in [5.41, 5.74) is 4.26. The average Bonchev–Trinajstić information content (AvgIpc) is 2.09. The van der Waals surface area contributed by atoms with Gasteiger partial charge in [-0.3, -0.25) is 32.5 Å². The minimum absolute atomic E-state index is 0.0186. The Morgan fingerprint density at radius 1 is 0.762 bits per heavy atom. The Kier molecular flexibility index (Phi) is 36.0. The molecule has 3 rings (SSSR count). The number of nitrogen functional groups attached to an aromatic ring is 1. The van der Waals surface area contributed by atoms with Gasteiger partial charge in [0.15, 0.2) is 22.8 Å². The Morgan fingerprint density at radius 2 is 1.31 bits per heavy atom. The van der Waals surface area contributed by atoms with Gasteiger partial charge in [-0.1, -0.05) is 170 Å². The molecule has 0 bridgehead atoms. The van der Waals surface area contributed by atoms with E-state index < -0.39 is 90.7 Å². The van der Waals surface area contributed by atoms with Crippen LogP contribution >= 0.6 is 35.2 Å². The first-order valence-corrected chi connectivity index (χ1v) is 34.4. The molecule has 0 spiro atoms. The number of carbonyl (C=O) groups excluding carboxylic acids is 3. The second kappa shape index (κ2) is 40.6. The fourth-order valence-corrected chi connectivity index (χ4v) is 12.2. The van der Waals surface area contributed by atoms with E-state index in [1.807, 2.05) is 0 Å². The maximum Gasteiger partial charge on any atom is 0.481 e. The summed E-state index contributed by atoms with van der Waals surface area (Å²) in [6, 6.07) is 0. The van der Waals surface area contributed by atoms with Crippen LogP contribution < -0.4 is 16.4 Å². The Bertz CT molecular complexity index is 2560. The topological polar surface area (TPSA) is 384 Å². The third kappa shape index (κ3) is 31.7. The van der Waals surface area contributed by atoms with Crippen LogP contribution in [-0.2, 0) is 50.7 Å². The lowest BCUT2D eigenvalue weighted by Crippen LogP contribution is -2.46. The molecule has 2 aromatic rings. The molecule has 1 fully saturated rings. The number of hydrogen-bond acceptors (Lipinski definition) is 19. The number of carbonyl (C=O) groups is 3. The minimum Gasteiger partial charge on any atom is -0.393 e. The summed E-state index contributed by atoms with van der Waals surface area (Å²) < 4.78 is 62.6. The summed E-state index contributed by atoms with van der Waals surface area (Å²) in [5.74, 6) is -1.23. The van der Waals surface area contributed by atoms with E-state index in [2.05, 4.69) is 102 Å². The summed E-state index contributed by atoms with van der Waals surface area (Å²) in [6.45, 7) is 2.54. The molecule has 0 saturated carbocycles.